The van der Waals surface area contributed by atoms with Crippen molar-refractivity contribution >= 4 is 11.8 Å². The zero-order valence-electron chi connectivity index (χ0n) is 13.6. The van der Waals surface area contributed by atoms with Crippen LogP contribution in [0.1, 0.15) is 26.5 Å². The van der Waals surface area contributed by atoms with Crippen LogP contribution < -0.4 is 9.80 Å². The summed E-state index contributed by atoms with van der Waals surface area (Å²) in [7, 11) is 3.87. The summed E-state index contributed by atoms with van der Waals surface area (Å²) >= 11 is 0. The fraction of sp³-hybridized carbons (Fsp3) is 0.733. The number of ether oxygens (including phenoxy) is 1. The Hall–Kier alpha value is -1.40. The van der Waals surface area contributed by atoms with E-state index in [1.165, 1.54) is 0 Å². The second-order valence-corrected chi connectivity index (χ2v) is 5.96. The third-order valence-corrected chi connectivity index (χ3v) is 3.52. The molecular formula is C15H26N4O2. The average molecular weight is 294 g/mol. The predicted molar refractivity (Wildman–Crippen MR) is 84.0 cm³/mol. The van der Waals surface area contributed by atoms with Crippen LogP contribution in [0.4, 0.5) is 11.8 Å². The second-order valence-electron chi connectivity index (χ2n) is 5.96. The number of aryl methyl sites for hydroxylation is 1. The summed E-state index contributed by atoms with van der Waals surface area (Å²) in [6.45, 7) is 7.25. The zero-order chi connectivity index (χ0) is 15.6. The number of hydrogen-bond donors (Lipinski definition) is 1. The lowest BCUT2D eigenvalue weighted by Gasteiger charge is -2.21. The Kier molecular flexibility index (Phi) is 5.00. The van der Waals surface area contributed by atoms with Gasteiger partial charge in [-0.3, -0.25) is 0 Å². The molecule has 1 aliphatic rings. The lowest BCUT2D eigenvalue weighted by atomic mass is 10.2. The van der Waals surface area contributed by atoms with Gasteiger partial charge in [-0.1, -0.05) is 6.92 Å². The first kappa shape index (κ1) is 16.0. The standard InChI is InChI=1S/C15H26N4O2/c1-6-11-7-14(17-15(16-11)18(4)5)19-8-12(20)13(9-19)21-10(2)3/h7,10,12-13,20H,6,8-9H2,1-5H3/t12-,13-/m0/s1. The van der Waals surface area contributed by atoms with Crippen LogP contribution in [0, 0.1) is 0 Å². The molecule has 21 heavy (non-hydrogen) atoms. The highest BCUT2D eigenvalue weighted by Gasteiger charge is 2.33. The van der Waals surface area contributed by atoms with E-state index in [9.17, 15) is 5.11 Å². The van der Waals surface area contributed by atoms with Gasteiger partial charge in [0.15, 0.2) is 0 Å². The maximum Gasteiger partial charge on any atom is 0.227 e. The van der Waals surface area contributed by atoms with Gasteiger partial charge in [-0.25, -0.2) is 4.98 Å². The summed E-state index contributed by atoms with van der Waals surface area (Å²) < 4.78 is 5.76. The zero-order valence-corrected chi connectivity index (χ0v) is 13.6. The number of aliphatic hydroxyl groups is 1. The molecule has 0 amide bonds. The molecule has 0 saturated carbocycles. The molecule has 1 aromatic rings. The van der Waals surface area contributed by atoms with E-state index in [-0.39, 0.29) is 12.2 Å². The molecule has 0 unspecified atom stereocenters. The number of β-amino-alcohol motifs (C(OH)–C–C–N with tert-alkyl or cyclic N) is 1. The molecular weight excluding hydrogens is 268 g/mol. The predicted octanol–water partition coefficient (Wildman–Crippen LogP) is 1.08. The van der Waals surface area contributed by atoms with Gasteiger partial charge < -0.3 is 19.6 Å². The normalized spacial score (nSPS) is 22.1. The first-order chi connectivity index (χ1) is 9.90. The number of hydrogen-bond acceptors (Lipinski definition) is 6. The Balaban J connectivity index is 2.20. The highest BCUT2D eigenvalue weighted by molar-refractivity contribution is 5.47. The van der Waals surface area contributed by atoms with E-state index < -0.39 is 6.10 Å². The molecule has 0 radical (unpaired) electrons. The molecule has 118 valence electrons. The van der Waals surface area contributed by atoms with Gasteiger partial charge in [-0.05, 0) is 20.3 Å². The van der Waals surface area contributed by atoms with Crippen molar-refractivity contribution in [3.05, 3.63) is 11.8 Å². The minimum Gasteiger partial charge on any atom is -0.388 e. The van der Waals surface area contributed by atoms with Crippen molar-refractivity contribution in [3.63, 3.8) is 0 Å². The van der Waals surface area contributed by atoms with E-state index in [0.717, 1.165) is 17.9 Å². The van der Waals surface area contributed by atoms with Crippen molar-refractivity contribution < 1.29 is 9.84 Å². The second kappa shape index (κ2) is 6.58. The first-order valence-electron chi connectivity index (χ1n) is 7.54. The van der Waals surface area contributed by atoms with Crippen LogP contribution in [0.5, 0.6) is 0 Å². The van der Waals surface area contributed by atoms with Crippen LogP contribution >= 0.6 is 0 Å². The molecule has 0 aromatic carbocycles. The van der Waals surface area contributed by atoms with Crippen molar-refractivity contribution in [1.29, 1.82) is 0 Å². The SMILES string of the molecule is CCc1cc(N2C[C@H](OC(C)C)[C@@H](O)C2)nc(N(C)C)n1. The highest BCUT2D eigenvalue weighted by Crippen LogP contribution is 2.23. The third-order valence-electron chi connectivity index (χ3n) is 3.52. The van der Waals surface area contributed by atoms with E-state index in [0.29, 0.717) is 19.0 Å². The summed E-state index contributed by atoms with van der Waals surface area (Å²) in [5.74, 6) is 1.56. The van der Waals surface area contributed by atoms with Crippen LogP contribution in [0.2, 0.25) is 0 Å². The average Bonchev–Trinajstić information content (AvgIpc) is 2.79. The molecule has 0 bridgehead atoms. The third kappa shape index (κ3) is 3.83. The van der Waals surface area contributed by atoms with Crippen LogP contribution in [0.3, 0.4) is 0 Å². The maximum absolute atomic E-state index is 10.2. The van der Waals surface area contributed by atoms with Gasteiger partial charge in [-0.2, -0.15) is 4.98 Å². The van der Waals surface area contributed by atoms with E-state index in [1.54, 1.807) is 0 Å². The summed E-state index contributed by atoms with van der Waals surface area (Å²) in [5, 5.41) is 10.2. The molecule has 0 aliphatic carbocycles. The van der Waals surface area contributed by atoms with Gasteiger partial charge in [0.1, 0.15) is 11.9 Å². The summed E-state index contributed by atoms with van der Waals surface area (Å²) in [6, 6.07) is 2.00. The molecule has 2 rings (SSSR count). The van der Waals surface area contributed by atoms with Crippen LogP contribution in [-0.2, 0) is 11.2 Å². The Labute approximate surface area is 126 Å². The van der Waals surface area contributed by atoms with Gasteiger partial charge in [0.25, 0.3) is 0 Å². The topological polar surface area (TPSA) is 61.7 Å². The summed E-state index contributed by atoms with van der Waals surface area (Å²) in [4.78, 5) is 13.1. The number of anilines is 2. The molecule has 2 atom stereocenters. The lowest BCUT2D eigenvalue weighted by molar-refractivity contribution is -0.0386. The van der Waals surface area contributed by atoms with Gasteiger partial charge in [0.2, 0.25) is 5.95 Å². The van der Waals surface area contributed by atoms with E-state index in [2.05, 4.69) is 21.8 Å². The van der Waals surface area contributed by atoms with Crippen LogP contribution in [0.25, 0.3) is 0 Å². The van der Waals surface area contributed by atoms with Crippen molar-refractivity contribution in [3.8, 4) is 0 Å². The molecule has 1 N–H and O–H groups in total. The number of aliphatic hydroxyl groups excluding tert-OH is 1. The Morgan fingerprint density at radius 2 is 2.10 bits per heavy atom. The Bertz CT molecular complexity index is 479. The van der Waals surface area contributed by atoms with Crippen molar-refractivity contribution in [2.45, 2.75) is 45.5 Å². The fourth-order valence-corrected chi connectivity index (χ4v) is 2.44. The Morgan fingerprint density at radius 3 is 2.67 bits per heavy atom. The van der Waals surface area contributed by atoms with Crippen LogP contribution in [0.15, 0.2) is 6.07 Å². The molecule has 6 nitrogen and oxygen atoms in total. The number of aromatic nitrogens is 2. The number of rotatable bonds is 5. The smallest absolute Gasteiger partial charge is 0.227 e. The summed E-state index contributed by atoms with van der Waals surface area (Å²) in [6.07, 6.45) is 0.334. The molecule has 1 fully saturated rings. The minimum atomic E-state index is -0.477. The van der Waals surface area contributed by atoms with E-state index in [1.807, 2.05) is 38.9 Å². The molecule has 0 spiro atoms. The first-order valence-corrected chi connectivity index (χ1v) is 7.54. The fourth-order valence-electron chi connectivity index (χ4n) is 2.44. The maximum atomic E-state index is 10.2. The number of nitrogens with zero attached hydrogens (tertiary/aromatic N) is 4. The van der Waals surface area contributed by atoms with Crippen LogP contribution in [-0.4, -0.2) is 60.6 Å². The van der Waals surface area contributed by atoms with Gasteiger partial charge in [0.05, 0.1) is 12.2 Å². The van der Waals surface area contributed by atoms with Crippen molar-refractivity contribution in [2.75, 3.05) is 37.0 Å². The van der Waals surface area contributed by atoms with Gasteiger partial charge >= 0.3 is 0 Å². The quantitative estimate of drug-likeness (QED) is 0.877. The van der Waals surface area contributed by atoms with Crippen molar-refractivity contribution in [2.24, 2.45) is 0 Å². The van der Waals surface area contributed by atoms with Gasteiger partial charge in [0, 0.05) is 38.9 Å². The van der Waals surface area contributed by atoms with Gasteiger partial charge in [-0.15, -0.1) is 0 Å². The summed E-state index contributed by atoms with van der Waals surface area (Å²) in [5.41, 5.74) is 1.01. The highest BCUT2D eigenvalue weighted by atomic mass is 16.5. The largest absolute Gasteiger partial charge is 0.388 e. The van der Waals surface area contributed by atoms with Crippen molar-refractivity contribution in [1.82, 2.24) is 9.97 Å². The van der Waals surface area contributed by atoms with E-state index >= 15 is 0 Å². The minimum absolute atomic E-state index is 0.110. The molecule has 1 aliphatic heterocycles. The molecule has 6 heteroatoms. The molecule has 1 saturated heterocycles. The monoisotopic (exact) mass is 294 g/mol. The molecule has 2 heterocycles. The Morgan fingerprint density at radius 1 is 1.38 bits per heavy atom. The lowest BCUT2D eigenvalue weighted by Crippen LogP contribution is -2.29. The van der Waals surface area contributed by atoms with E-state index in [4.69, 9.17) is 4.74 Å². The molecule has 1 aromatic heterocycles.